The summed E-state index contributed by atoms with van der Waals surface area (Å²) in [5.41, 5.74) is 8.12. The molecule has 9 nitrogen and oxygen atoms in total. The fraction of sp³-hybridized carbons (Fsp3) is 0.292. The number of methoxy groups -OCH3 is 1. The highest BCUT2D eigenvalue weighted by molar-refractivity contribution is 5.97. The topological polar surface area (TPSA) is 117 Å². The van der Waals surface area contributed by atoms with Crippen LogP contribution in [0.3, 0.4) is 0 Å². The quantitative estimate of drug-likeness (QED) is 0.510. The molecule has 0 radical (unpaired) electrons. The van der Waals surface area contributed by atoms with Crippen molar-refractivity contribution in [1.29, 1.82) is 0 Å². The molecule has 1 fully saturated rings. The highest BCUT2D eigenvalue weighted by Crippen LogP contribution is 2.29. The molecule has 3 aliphatic rings. The van der Waals surface area contributed by atoms with Crippen LogP contribution >= 0.6 is 0 Å². The zero-order valence-electron chi connectivity index (χ0n) is 18.7. The van der Waals surface area contributed by atoms with Crippen molar-refractivity contribution in [3.63, 3.8) is 0 Å². The number of amides is 1. The largest absolute Gasteiger partial charge is 0.496 e. The molecular weight excluding hydrogens is 437 g/mol. The third kappa shape index (κ3) is 4.08. The predicted molar refractivity (Wildman–Crippen MR) is 126 cm³/mol. The number of para-hydroxylation sites is 1. The number of anilines is 1. The molecule has 0 spiro atoms. The number of nitrogens with zero attached hydrogens (tertiary/aromatic N) is 3. The average Bonchev–Trinajstić information content (AvgIpc) is 3.47. The predicted octanol–water partition coefficient (Wildman–Crippen LogP) is 1.59. The molecule has 5 rings (SSSR count). The van der Waals surface area contributed by atoms with Crippen molar-refractivity contribution in [3.05, 3.63) is 77.8 Å². The summed E-state index contributed by atoms with van der Waals surface area (Å²) in [7, 11) is 1.54. The third-order valence-corrected chi connectivity index (χ3v) is 6.25. The summed E-state index contributed by atoms with van der Waals surface area (Å²) in [6, 6.07) is 7.10. The maximum Gasteiger partial charge on any atom is 0.257 e. The van der Waals surface area contributed by atoms with E-state index in [9.17, 15) is 9.18 Å². The molecule has 0 aliphatic carbocycles. The normalized spacial score (nSPS) is 22.9. The minimum absolute atomic E-state index is 0.0531. The number of hydrogen-bond acceptors (Lipinski definition) is 8. The van der Waals surface area contributed by atoms with Crippen LogP contribution in [0.25, 0.3) is 5.57 Å². The van der Waals surface area contributed by atoms with E-state index in [-0.39, 0.29) is 24.4 Å². The third-order valence-electron chi connectivity index (χ3n) is 6.25. The smallest absolute Gasteiger partial charge is 0.257 e. The van der Waals surface area contributed by atoms with Gasteiger partial charge in [-0.15, -0.1) is 0 Å². The number of carbonyl (C=O) groups excluding carboxylic acids is 1. The number of carbonyl (C=O) groups is 1. The summed E-state index contributed by atoms with van der Waals surface area (Å²) >= 11 is 0. The lowest BCUT2D eigenvalue weighted by molar-refractivity contribution is 0.0781. The molecule has 0 bridgehead atoms. The van der Waals surface area contributed by atoms with Gasteiger partial charge in [0.2, 0.25) is 0 Å². The van der Waals surface area contributed by atoms with Crippen LogP contribution < -0.4 is 26.4 Å². The van der Waals surface area contributed by atoms with E-state index in [1.54, 1.807) is 23.1 Å². The Labute approximate surface area is 196 Å². The van der Waals surface area contributed by atoms with Gasteiger partial charge in [0.1, 0.15) is 11.9 Å². The average molecular weight is 464 g/mol. The SMILES string of the molecule is COc1ccccc1C(=O)N1CC[C@](N)(CNc2nc(C3=CNC4NC=CC=C34)ncc2F)C1. The first-order valence-corrected chi connectivity index (χ1v) is 11.0. The van der Waals surface area contributed by atoms with Gasteiger partial charge in [0.15, 0.2) is 17.5 Å². The molecule has 2 atom stereocenters. The first-order chi connectivity index (χ1) is 16.5. The van der Waals surface area contributed by atoms with Gasteiger partial charge < -0.3 is 31.3 Å². The van der Waals surface area contributed by atoms with Gasteiger partial charge in [0, 0.05) is 37.0 Å². The van der Waals surface area contributed by atoms with Crippen molar-refractivity contribution in [3.8, 4) is 5.75 Å². The van der Waals surface area contributed by atoms with Crippen LogP contribution in [-0.4, -0.2) is 59.2 Å². The van der Waals surface area contributed by atoms with Crippen LogP contribution in [0.1, 0.15) is 22.6 Å². The van der Waals surface area contributed by atoms with Crippen LogP contribution in [-0.2, 0) is 0 Å². The van der Waals surface area contributed by atoms with Gasteiger partial charge in [0.05, 0.1) is 24.4 Å². The summed E-state index contributed by atoms with van der Waals surface area (Å²) in [5.74, 6) is 0.304. The number of ether oxygens (including phenoxy) is 1. The Morgan fingerprint density at radius 2 is 2.24 bits per heavy atom. The Morgan fingerprint density at radius 1 is 1.38 bits per heavy atom. The molecule has 1 aromatic heterocycles. The van der Waals surface area contributed by atoms with Crippen molar-refractivity contribution in [2.45, 2.75) is 18.1 Å². The molecule has 1 aromatic carbocycles. The Morgan fingerprint density at radius 3 is 3.09 bits per heavy atom. The Bertz CT molecular complexity index is 1210. The molecule has 176 valence electrons. The maximum atomic E-state index is 14.5. The zero-order chi connectivity index (χ0) is 23.7. The monoisotopic (exact) mass is 463 g/mol. The van der Waals surface area contributed by atoms with Gasteiger partial charge in [-0.1, -0.05) is 18.2 Å². The van der Waals surface area contributed by atoms with E-state index >= 15 is 0 Å². The number of allylic oxidation sites excluding steroid dienone is 2. The number of rotatable bonds is 6. The number of dihydropyridines is 1. The molecule has 5 N–H and O–H groups in total. The second kappa shape index (κ2) is 8.79. The fourth-order valence-electron chi connectivity index (χ4n) is 4.40. The minimum atomic E-state index is -0.727. The van der Waals surface area contributed by atoms with Crippen molar-refractivity contribution < 1.29 is 13.9 Å². The molecular formula is C24H26FN7O2. The molecule has 3 aliphatic heterocycles. The summed E-state index contributed by atoms with van der Waals surface area (Å²) in [5, 5.41) is 9.44. The maximum absolute atomic E-state index is 14.5. The van der Waals surface area contributed by atoms with E-state index in [0.717, 1.165) is 17.3 Å². The van der Waals surface area contributed by atoms with E-state index in [1.165, 1.54) is 7.11 Å². The number of fused-ring (bicyclic) bond motifs is 1. The van der Waals surface area contributed by atoms with Crippen molar-refractivity contribution in [2.75, 3.05) is 32.1 Å². The molecule has 10 heteroatoms. The summed E-state index contributed by atoms with van der Waals surface area (Å²) in [6.07, 6.45) is 9.20. The van der Waals surface area contributed by atoms with Gasteiger partial charge >= 0.3 is 0 Å². The lowest BCUT2D eigenvalue weighted by Crippen LogP contribution is -2.49. The highest BCUT2D eigenvalue weighted by Gasteiger charge is 2.38. The van der Waals surface area contributed by atoms with E-state index in [0.29, 0.717) is 36.6 Å². The van der Waals surface area contributed by atoms with Crippen LogP contribution in [0, 0.1) is 5.82 Å². The van der Waals surface area contributed by atoms with Crippen LogP contribution in [0.4, 0.5) is 10.2 Å². The van der Waals surface area contributed by atoms with E-state index in [2.05, 4.69) is 25.9 Å². The van der Waals surface area contributed by atoms with Gasteiger partial charge in [-0.2, -0.15) is 0 Å². The number of nitrogens with two attached hydrogens (primary N) is 1. The number of halogens is 1. The molecule has 1 unspecified atom stereocenters. The van der Waals surface area contributed by atoms with Gasteiger partial charge in [-0.25, -0.2) is 14.4 Å². The number of nitrogens with one attached hydrogen (secondary N) is 3. The number of aromatic nitrogens is 2. The van der Waals surface area contributed by atoms with Gasteiger partial charge in [-0.3, -0.25) is 4.79 Å². The Kier molecular flexibility index (Phi) is 5.66. The van der Waals surface area contributed by atoms with Gasteiger partial charge in [-0.05, 0) is 30.8 Å². The second-order valence-corrected chi connectivity index (χ2v) is 8.59. The van der Waals surface area contributed by atoms with Crippen LogP contribution in [0.15, 0.2) is 60.6 Å². The van der Waals surface area contributed by atoms with E-state index < -0.39 is 11.4 Å². The second-order valence-electron chi connectivity index (χ2n) is 8.59. The zero-order valence-corrected chi connectivity index (χ0v) is 18.7. The van der Waals surface area contributed by atoms with Crippen LogP contribution in [0.5, 0.6) is 5.75 Å². The summed E-state index contributed by atoms with van der Waals surface area (Å²) < 4.78 is 19.8. The van der Waals surface area contributed by atoms with Crippen LogP contribution in [0.2, 0.25) is 0 Å². The molecule has 1 amide bonds. The number of hydrogen-bond donors (Lipinski definition) is 4. The Balaban J connectivity index is 1.27. The van der Waals surface area contributed by atoms with Crippen molar-refractivity contribution >= 4 is 17.3 Å². The van der Waals surface area contributed by atoms with Gasteiger partial charge in [0.25, 0.3) is 5.91 Å². The van der Waals surface area contributed by atoms with Crippen molar-refractivity contribution in [1.82, 2.24) is 25.5 Å². The first-order valence-electron chi connectivity index (χ1n) is 11.0. The summed E-state index contributed by atoms with van der Waals surface area (Å²) in [4.78, 5) is 23.3. The summed E-state index contributed by atoms with van der Waals surface area (Å²) in [6.45, 7) is 1.09. The van der Waals surface area contributed by atoms with E-state index in [1.807, 2.05) is 30.6 Å². The fourth-order valence-corrected chi connectivity index (χ4v) is 4.40. The lowest BCUT2D eigenvalue weighted by Gasteiger charge is -2.25. The van der Waals surface area contributed by atoms with E-state index in [4.69, 9.17) is 10.5 Å². The molecule has 1 saturated heterocycles. The number of benzene rings is 1. The minimum Gasteiger partial charge on any atom is -0.496 e. The Hall–Kier alpha value is -3.92. The molecule has 4 heterocycles. The van der Waals surface area contributed by atoms with Crippen molar-refractivity contribution in [2.24, 2.45) is 5.73 Å². The molecule has 0 saturated carbocycles. The molecule has 2 aromatic rings. The number of likely N-dealkylation sites (tertiary alicyclic amines) is 1. The molecule has 34 heavy (non-hydrogen) atoms. The lowest BCUT2D eigenvalue weighted by atomic mass is 10.0. The standard InChI is InChI=1S/C24H26FN7O2/c1-34-19-7-3-2-5-16(19)23(33)32-10-8-24(26,14-32)13-30-22-18(25)12-29-21(31-22)17-11-28-20-15(17)6-4-9-27-20/h2-7,9,11-12,20,27-28H,8,10,13-14,26H2,1H3,(H,29,30,31)/t20?,24-/m0/s1. The highest BCUT2D eigenvalue weighted by atomic mass is 19.1. The first kappa shape index (κ1) is 21.9.